The van der Waals surface area contributed by atoms with Gasteiger partial charge in [0.25, 0.3) is 5.56 Å². The molecule has 1 aromatic heterocycles. The van der Waals surface area contributed by atoms with Gasteiger partial charge in [-0.1, -0.05) is 89.1 Å². The fraction of sp³-hybridized carbons (Fsp3) is 0.143. The van der Waals surface area contributed by atoms with Crippen molar-refractivity contribution in [1.29, 1.82) is 0 Å². The summed E-state index contributed by atoms with van der Waals surface area (Å²) in [6.45, 7) is 0. The van der Waals surface area contributed by atoms with Crippen LogP contribution in [-0.2, 0) is 6.42 Å². The third-order valence-corrected chi connectivity index (χ3v) is 8.39. The molecule has 0 bridgehead atoms. The third-order valence-electron chi connectivity index (χ3n) is 6.57. The molecule has 1 aliphatic heterocycles. The minimum Gasteiger partial charge on any atom is -0.496 e. The number of benzene rings is 3. The van der Waals surface area contributed by atoms with Crippen LogP contribution in [0.1, 0.15) is 34.7 Å². The summed E-state index contributed by atoms with van der Waals surface area (Å²) < 4.78 is 8.09. The molecule has 0 saturated heterocycles. The number of aryl methyl sites for hydroxylation is 1. The van der Waals surface area contributed by atoms with Gasteiger partial charge in [-0.25, -0.2) is 4.99 Å². The first-order chi connectivity index (χ1) is 17.1. The van der Waals surface area contributed by atoms with Crippen molar-refractivity contribution in [3.05, 3.63) is 124 Å². The molecule has 0 N–H and O–H groups in total. The predicted octanol–water partition coefficient (Wildman–Crippen LogP) is 5.63. The lowest BCUT2D eigenvalue weighted by Crippen LogP contribution is -2.39. The molecule has 0 fully saturated rings. The normalized spacial score (nSPS) is 16.9. The van der Waals surface area contributed by atoms with E-state index in [1.54, 1.807) is 23.8 Å². The Bertz CT molecular complexity index is 1700. The first-order valence-corrected chi connectivity index (χ1v) is 12.8. The summed E-state index contributed by atoms with van der Waals surface area (Å²) in [5.41, 5.74) is 6.04. The predicted molar refractivity (Wildman–Crippen MR) is 142 cm³/mol. The van der Waals surface area contributed by atoms with Crippen LogP contribution in [0, 0.1) is 0 Å². The molecule has 7 heteroatoms. The number of hydrogen-bond donors (Lipinski definition) is 0. The van der Waals surface area contributed by atoms with E-state index >= 15 is 0 Å². The summed E-state index contributed by atoms with van der Waals surface area (Å²) in [6.07, 6.45) is 3.52. The van der Waals surface area contributed by atoms with Crippen molar-refractivity contribution in [1.82, 2.24) is 4.57 Å². The molecule has 3 aromatic carbocycles. The van der Waals surface area contributed by atoms with Crippen LogP contribution in [0.25, 0.3) is 11.8 Å². The van der Waals surface area contributed by atoms with E-state index in [0.29, 0.717) is 24.9 Å². The number of fused-ring (bicyclic) bond motifs is 3. The summed E-state index contributed by atoms with van der Waals surface area (Å²) in [7, 11) is 1.66. The average Bonchev–Trinajstić information content (AvgIpc) is 3.20. The molecule has 0 saturated carbocycles. The second-order valence-corrected chi connectivity index (χ2v) is 10.3. The molecule has 1 atom stereocenters. The number of thiazole rings is 1. The second kappa shape index (κ2) is 8.83. The molecule has 0 amide bonds. The standard InChI is InChI=1S/C28H20Cl2N2O2S/c1-34-22-12-5-4-10-19(22)26-20-14-13-16-7-2-3-9-18(16)25(20)31-28-32(26)27(33)23(35-28)15-17-8-6-11-21(29)24(17)30/h2-12,15,26H,13-14H2,1H3/b23-15+/t26-/m0/s1. The van der Waals surface area contributed by atoms with Gasteiger partial charge in [0.1, 0.15) is 5.75 Å². The first kappa shape index (κ1) is 22.4. The summed E-state index contributed by atoms with van der Waals surface area (Å²) in [4.78, 5) is 19.6. The molecule has 4 aromatic rings. The van der Waals surface area contributed by atoms with E-state index in [9.17, 15) is 4.79 Å². The second-order valence-electron chi connectivity index (χ2n) is 8.50. The van der Waals surface area contributed by atoms with Gasteiger partial charge in [0.2, 0.25) is 0 Å². The Labute approximate surface area is 216 Å². The van der Waals surface area contributed by atoms with Crippen molar-refractivity contribution in [3.8, 4) is 5.75 Å². The Morgan fingerprint density at radius 2 is 1.83 bits per heavy atom. The SMILES string of the molecule is COc1ccccc1[C@H]1C2=C(N=c3s/c(=C/c4cccc(Cl)c4Cl)c(=O)n31)c1ccccc1CC2. The Balaban J connectivity index is 1.66. The zero-order valence-corrected chi connectivity index (χ0v) is 21.1. The van der Waals surface area contributed by atoms with Gasteiger partial charge in [0, 0.05) is 11.1 Å². The van der Waals surface area contributed by atoms with E-state index in [-0.39, 0.29) is 11.6 Å². The van der Waals surface area contributed by atoms with Crippen molar-refractivity contribution >= 4 is 46.3 Å². The summed E-state index contributed by atoms with van der Waals surface area (Å²) in [5, 5.41) is 0.877. The monoisotopic (exact) mass is 518 g/mol. The highest BCUT2D eigenvalue weighted by atomic mass is 35.5. The van der Waals surface area contributed by atoms with E-state index in [0.717, 1.165) is 41.0 Å². The van der Waals surface area contributed by atoms with Gasteiger partial charge in [-0.2, -0.15) is 0 Å². The summed E-state index contributed by atoms with van der Waals surface area (Å²) in [5.74, 6) is 0.748. The third kappa shape index (κ3) is 3.66. The molecule has 2 heterocycles. The molecule has 1 aliphatic carbocycles. The lowest BCUT2D eigenvalue weighted by atomic mass is 9.83. The number of allylic oxidation sites excluding steroid dienone is 1. The fourth-order valence-corrected chi connectivity index (χ4v) is 6.32. The van der Waals surface area contributed by atoms with Gasteiger partial charge in [-0.3, -0.25) is 9.36 Å². The number of ether oxygens (including phenoxy) is 1. The molecular weight excluding hydrogens is 499 g/mol. The number of para-hydroxylation sites is 1. The van der Waals surface area contributed by atoms with Crippen molar-refractivity contribution in [2.45, 2.75) is 18.9 Å². The number of hydrogen-bond acceptors (Lipinski definition) is 4. The molecule has 0 radical (unpaired) electrons. The Morgan fingerprint density at radius 1 is 1.03 bits per heavy atom. The van der Waals surface area contributed by atoms with Crippen LogP contribution in [0.2, 0.25) is 10.0 Å². The van der Waals surface area contributed by atoms with Crippen LogP contribution < -0.4 is 19.6 Å². The minimum absolute atomic E-state index is 0.105. The van der Waals surface area contributed by atoms with Gasteiger partial charge in [0.05, 0.1) is 33.4 Å². The number of methoxy groups -OCH3 is 1. The van der Waals surface area contributed by atoms with Gasteiger partial charge in [0.15, 0.2) is 4.80 Å². The van der Waals surface area contributed by atoms with Crippen LogP contribution in [0.3, 0.4) is 0 Å². The van der Waals surface area contributed by atoms with Crippen molar-refractivity contribution in [2.75, 3.05) is 7.11 Å². The molecule has 2 aliphatic rings. The summed E-state index contributed by atoms with van der Waals surface area (Å²) >= 11 is 14.0. The zero-order valence-electron chi connectivity index (χ0n) is 18.8. The van der Waals surface area contributed by atoms with Gasteiger partial charge < -0.3 is 4.74 Å². The molecule has 0 unspecified atom stereocenters. The molecule has 6 rings (SSSR count). The van der Waals surface area contributed by atoms with Gasteiger partial charge >= 0.3 is 0 Å². The van der Waals surface area contributed by atoms with E-state index in [1.165, 1.54) is 16.9 Å². The molecule has 0 spiro atoms. The first-order valence-electron chi connectivity index (χ1n) is 11.3. The number of aromatic nitrogens is 1. The molecule has 35 heavy (non-hydrogen) atoms. The highest BCUT2D eigenvalue weighted by Crippen LogP contribution is 2.43. The largest absolute Gasteiger partial charge is 0.496 e. The van der Waals surface area contributed by atoms with Crippen LogP contribution >= 0.6 is 34.5 Å². The smallest absolute Gasteiger partial charge is 0.271 e. The van der Waals surface area contributed by atoms with Gasteiger partial charge in [-0.15, -0.1) is 0 Å². The highest BCUT2D eigenvalue weighted by Gasteiger charge is 2.33. The molecule has 174 valence electrons. The topological polar surface area (TPSA) is 43.6 Å². The molecular formula is C28H20Cl2N2O2S. The van der Waals surface area contributed by atoms with E-state index in [4.69, 9.17) is 32.9 Å². The maximum atomic E-state index is 13.9. The zero-order chi connectivity index (χ0) is 24.1. The molecule has 4 nitrogen and oxygen atoms in total. The summed E-state index contributed by atoms with van der Waals surface area (Å²) in [6, 6.07) is 21.4. The van der Waals surface area contributed by atoms with Crippen LogP contribution in [0.4, 0.5) is 0 Å². The fourth-order valence-electron chi connectivity index (χ4n) is 4.96. The van der Waals surface area contributed by atoms with E-state index in [1.807, 2.05) is 42.5 Å². The van der Waals surface area contributed by atoms with E-state index in [2.05, 4.69) is 18.2 Å². The lowest BCUT2D eigenvalue weighted by Gasteiger charge is -2.31. The minimum atomic E-state index is -0.303. The van der Waals surface area contributed by atoms with Crippen molar-refractivity contribution in [2.24, 2.45) is 4.99 Å². The maximum Gasteiger partial charge on any atom is 0.271 e. The maximum absolute atomic E-state index is 13.9. The van der Waals surface area contributed by atoms with Crippen LogP contribution in [0.5, 0.6) is 5.75 Å². The quantitative estimate of drug-likeness (QED) is 0.352. The van der Waals surface area contributed by atoms with E-state index < -0.39 is 0 Å². The number of rotatable bonds is 3. The van der Waals surface area contributed by atoms with Crippen LogP contribution in [0.15, 0.2) is 82.1 Å². The van der Waals surface area contributed by atoms with Crippen molar-refractivity contribution < 1.29 is 4.74 Å². The average molecular weight is 519 g/mol. The number of halogens is 2. The highest BCUT2D eigenvalue weighted by molar-refractivity contribution is 7.07. The van der Waals surface area contributed by atoms with Crippen LogP contribution in [-0.4, -0.2) is 11.7 Å². The number of nitrogens with zero attached hydrogens (tertiary/aromatic N) is 2. The lowest BCUT2D eigenvalue weighted by molar-refractivity contribution is 0.402. The Kier molecular flexibility index (Phi) is 5.64. The van der Waals surface area contributed by atoms with Gasteiger partial charge in [-0.05, 0) is 47.8 Å². The Morgan fingerprint density at radius 3 is 2.69 bits per heavy atom. The Hall–Kier alpha value is -3.12. The van der Waals surface area contributed by atoms with Crippen molar-refractivity contribution in [3.63, 3.8) is 0 Å².